The Morgan fingerprint density at radius 3 is 2.52 bits per heavy atom. The minimum Gasteiger partial charge on any atom is -0.390 e. The second-order valence-electron chi connectivity index (χ2n) is 5.70. The lowest BCUT2D eigenvalue weighted by Gasteiger charge is -2.31. The van der Waals surface area contributed by atoms with E-state index in [1.807, 2.05) is 13.8 Å². The molecule has 7 heteroatoms. The van der Waals surface area contributed by atoms with Crippen LogP contribution in [0.2, 0.25) is 0 Å². The summed E-state index contributed by atoms with van der Waals surface area (Å²) in [7, 11) is 1.70. The van der Waals surface area contributed by atoms with Crippen molar-refractivity contribution in [3.63, 3.8) is 0 Å². The Balaban J connectivity index is 0.00000400. The van der Waals surface area contributed by atoms with E-state index in [9.17, 15) is 9.90 Å². The van der Waals surface area contributed by atoms with Crippen LogP contribution in [0.3, 0.4) is 0 Å². The molecule has 21 heavy (non-hydrogen) atoms. The van der Waals surface area contributed by atoms with Crippen LogP contribution in [-0.4, -0.2) is 79.4 Å². The molecule has 1 fully saturated rings. The van der Waals surface area contributed by atoms with E-state index in [0.717, 1.165) is 19.5 Å². The van der Waals surface area contributed by atoms with Gasteiger partial charge >= 0.3 is 0 Å². The van der Waals surface area contributed by atoms with Crippen molar-refractivity contribution in [2.75, 3.05) is 46.4 Å². The summed E-state index contributed by atoms with van der Waals surface area (Å²) < 4.78 is 5.27. The predicted molar refractivity (Wildman–Crippen MR) is 85.6 cm³/mol. The fourth-order valence-electron chi connectivity index (χ4n) is 2.30. The van der Waals surface area contributed by atoms with Gasteiger partial charge in [0.25, 0.3) is 0 Å². The van der Waals surface area contributed by atoms with Gasteiger partial charge in [-0.05, 0) is 5.92 Å². The molecule has 0 spiro atoms. The molecular formula is C14H30ClN3O3. The van der Waals surface area contributed by atoms with E-state index in [4.69, 9.17) is 10.5 Å². The minimum absolute atomic E-state index is 0. The van der Waals surface area contributed by atoms with Crippen LogP contribution >= 0.6 is 12.4 Å². The van der Waals surface area contributed by atoms with Gasteiger partial charge in [0.2, 0.25) is 5.91 Å². The summed E-state index contributed by atoms with van der Waals surface area (Å²) in [6, 6.07) is -0.486. The van der Waals surface area contributed by atoms with E-state index in [1.165, 1.54) is 0 Å². The summed E-state index contributed by atoms with van der Waals surface area (Å²) in [6.07, 6.45) is 0.322. The molecule has 0 aromatic heterocycles. The van der Waals surface area contributed by atoms with Crippen LogP contribution in [0, 0.1) is 5.92 Å². The minimum atomic E-state index is -0.550. The molecule has 0 radical (unpaired) electrons. The number of carbonyl (C=O) groups excluding carboxylic acids is 1. The Hall–Kier alpha value is -0.400. The van der Waals surface area contributed by atoms with Crippen LogP contribution in [0.4, 0.5) is 0 Å². The molecule has 1 aliphatic rings. The zero-order chi connectivity index (χ0) is 15.1. The van der Waals surface area contributed by atoms with E-state index in [-0.39, 0.29) is 24.2 Å². The van der Waals surface area contributed by atoms with Crippen LogP contribution < -0.4 is 5.73 Å². The van der Waals surface area contributed by atoms with E-state index in [1.54, 1.807) is 11.9 Å². The van der Waals surface area contributed by atoms with Crippen LogP contribution in [0.5, 0.6) is 0 Å². The Morgan fingerprint density at radius 1 is 1.43 bits per heavy atom. The van der Waals surface area contributed by atoms with Crippen molar-refractivity contribution in [3.8, 4) is 0 Å². The molecule has 1 saturated heterocycles. The van der Waals surface area contributed by atoms with Gasteiger partial charge in [-0.1, -0.05) is 20.3 Å². The first-order valence-electron chi connectivity index (χ1n) is 7.44. The molecule has 3 atom stereocenters. The van der Waals surface area contributed by atoms with Gasteiger partial charge in [-0.15, -0.1) is 12.4 Å². The van der Waals surface area contributed by atoms with Gasteiger partial charge in [0, 0.05) is 33.2 Å². The average Bonchev–Trinajstić information content (AvgIpc) is 2.45. The lowest BCUT2D eigenvalue weighted by Crippen LogP contribution is -2.49. The summed E-state index contributed by atoms with van der Waals surface area (Å²) in [5, 5.41) is 10.1. The lowest BCUT2D eigenvalue weighted by molar-refractivity contribution is -0.134. The first-order chi connectivity index (χ1) is 9.45. The highest BCUT2D eigenvalue weighted by atomic mass is 35.5. The van der Waals surface area contributed by atoms with E-state index in [2.05, 4.69) is 4.90 Å². The largest absolute Gasteiger partial charge is 0.390 e. The number of halogens is 1. The topological polar surface area (TPSA) is 79.0 Å². The molecule has 1 rings (SSSR count). The van der Waals surface area contributed by atoms with Crippen LogP contribution in [0.25, 0.3) is 0 Å². The maximum absolute atomic E-state index is 12.1. The van der Waals surface area contributed by atoms with Crippen molar-refractivity contribution in [1.82, 2.24) is 9.80 Å². The first kappa shape index (κ1) is 20.6. The Labute approximate surface area is 134 Å². The number of β-amino-alcohol motifs (C(OH)–C–C–N with tert-alkyl or cyclic N) is 1. The van der Waals surface area contributed by atoms with Crippen LogP contribution in [-0.2, 0) is 9.53 Å². The van der Waals surface area contributed by atoms with Crippen LogP contribution in [0.15, 0.2) is 0 Å². The fourth-order valence-corrected chi connectivity index (χ4v) is 2.30. The zero-order valence-electron chi connectivity index (χ0n) is 13.3. The number of ether oxygens (including phenoxy) is 1. The number of amides is 1. The Bertz CT molecular complexity index is 301. The third-order valence-corrected chi connectivity index (χ3v) is 3.98. The Morgan fingerprint density at radius 2 is 2.00 bits per heavy atom. The number of carbonyl (C=O) groups is 1. The third kappa shape index (κ3) is 6.93. The summed E-state index contributed by atoms with van der Waals surface area (Å²) in [4.78, 5) is 15.8. The lowest BCUT2D eigenvalue weighted by atomic mass is 9.99. The molecule has 0 aromatic rings. The number of likely N-dealkylation sites (N-methyl/N-ethyl adjacent to an activating group) is 1. The SMILES string of the molecule is CCC(C)C(N)C(=O)N(C)CC(O)CN1CCOCC1.Cl. The molecule has 3 N–H and O–H groups in total. The monoisotopic (exact) mass is 323 g/mol. The van der Waals surface area contributed by atoms with Crippen molar-refractivity contribution in [2.24, 2.45) is 11.7 Å². The number of aliphatic hydroxyl groups excluding tert-OH is 1. The van der Waals surface area contributed by atoms with Crippen molar-refractivity contribution >= 4 is 18.3 Å². The number of nitrogens with zero attached hydrogens (tertiary/aromatic N) is 2. The summed E-state index contributed by atoms with van der Waals surface area (Å²) in [5.74, 6) is 0.0571. The number of nitrogens with two attached hydrogens (primary N) is 1. The second-order valence-corrected chi connectivity index (χ2v) is 5.70. The zero-order valence-corrected chi connectivity index (χ0v) is 14.1. The molecular weight excluding hydrogens is 294 g/mol. The molecule has 1 amide bonds. The van der Waals surface area contributed by atoms with Crippen molar-refractivity contribution in [1.29, 1.82) is 0 Å². The average molecular weight is 324 g/mol. The highest BCUT2D eigenvalue weighted by Gasteiger charge is 2.24. The molecule has 0 aliphatic carbocycles. The number of rotatable bonds is 7. The van der Waals surface area contributed by atoms with Gasteiger partial charge in [0.1, 0.15) is 0 Å². The second kappa shape index (κ2) is 10.3. The normalized spacial score (nSPS) is 20.2. The number of aliphatic hydroxyl groups is 1. The highest BCUT2D eigenvalue weighted by Crippen LogP contribution is 2.08. The van der Waals surface area contributed by atoms with E-state index >= 15 is 0 Å². The maximum Gasteiger partial charge on any atom is 0.239 e. The molecule has 1 aliphatic heterocycles. The van der Waals surface area contributed by atoms with E-state index in [0.29, 0.717) is 26.3 Å². The van der Waals surface area contributed by atoms with E-state index < -0.39 is 12.1 Å². The van der Waals surface area contributed by atoms with Gasteiger partial charge in [-0.3, -0.25) is 9.69 Å². The quantitative estimate of drug-likeness (QED) is 0.686. The molecule has 6 nitrogen and oxygen atoms in total. The van der Waals surface area contributed by atoms with Gasteiger partial charge in [0.05, 0.1) is 25.4 Å². The first-order valence-corrected chi connectivity index (χ1v) is 7.44. The smallest absolute Gasteiger partial charge is 0.239 e. The van der Waals surface area contributed by atoms with Gasteiger partial charge in [0.15, 0.2) is 0 Å². The molecule has 3 unspecified atom stereocenters. The molecule has 126 valence electrons. The van der Waals surface area contributed by atoms with Gasteiger partial charge in [-0.25, -0.2) is 0 Å². The summed E-state index contributed by atoms with van der Waals surface area (Å²) in [5.41, 5.74) is 5.93. The highest BCUT2D eigenvalue weighted by molar-refractivity contribution is 5.85. The van der Waals surface area contributed by atoms with Gasteiger partial charge < -0.3 is 20.5 Å². The molecule has 0 saturated carbocycles. The molecule has 1 heterocycles. The number of hydrogen-bond acceptors (Lipinski definition) is 5. The standard InChI is InChI=1S/C14H29N3O3.ClH/c1-4-11(2)13(15)14(19)16(3)9-12(18)10-17-5-7-20-8-6-17;/h11-13,18H,4-10,15H2,1-3H3;1H. The maximum atomic E-state index is 12.1. The molecule has 0 bridgehead atoms. The van der Waals surface area contributed by atoms with Crippen molar-refractivity contribution < 1.29 is 14.6 Å². The van der Waals surface area contributed by atoms with Crippen molar-refractivity contribution in [3.05, 3.63) is 0 Å². The predicted octanol–water partition coefficient (Wildman–Crippen LogP) is -0.0669. The Kier molecular flexibility index (Phi) is 10.1. The van der Waals surface area contributed by atoms with Crippen LogP contribution in [0.1, 0.15) is 20.3 Å². The number of hydrogen-bond donors (Lipinski definition) is 2. The fraction of sp³-hybridized carbons (Fsp3) is 0.929. The summed E-state index contributed by atoms with van der Waals surface area (Å²) >= 11 is 0. The summed E-state index contributed by atoms with van der Waals surface area (Å²) in [6.45, 7) is 7.97. The number of morpholine rings is 1. The van der Waals surface area contributed by atoms with Crippen molar-refractivity contribution in [2.45, 2.75) is 32.4 Å². The third-order valence-electron chi connectivity index (χ3n) is 3.98. The van der Waals surface area contributed by atoms with Gasteiger partial charge in [-0.2, -0.15) is 0 Å². The molecule has 0 aromatic carbocycles.